The molecule has 3 heteroatoms. The fourth-order valence-corrected chi connectivity index (χ4v) is 3.67. The first-order valence-corrected chi connectivity index (χ1v) is 7.30. The molecule has 2 aromatic carbocycles. The van der Waals surface area contributed by atoms with Crippen LogP contribution in [0.3, 0.4) is 0 Å². The van der Waals surface area contributed by atoms with E-state index in [1.165, 1.54) is 32.6 Å². The normalized spacial score (nSPS) is 14.2. The highest BCUT2D eigenvalue weighted by Crippen LogP contribution is 2.39. The van der Waals surface area contributed by atoms with Gasteiger partial charge in [-0.3, -0.25) is 0 Å². The van der Waals surface area contributed by atoms with Gasteiger partial charge in [-0.05, 0) is 41.5 Å². The molecule has 0 amide bonds. The van der Waals surface area contributed by atoms with E-state index < -0.39 is 0 Å². The minimum Gasteiger partial charge on any atom is -0.360 e. The zero-order chi connectivity index (χ0) is 12.8. The standard InChI is InChI=1S/C16H14N2S/c1-10-8-9-19-15(10)16-17-12-6-2-4-11-5-3-7-13(18-16)14(11)12/h2-9,16-18H,1H3. The SMILES string of the molecule is Cc1ccsc1C1Nc2cccc3cccc(c23)N1. The van der Waals surface area contributed by atoms with Crippen LogP contribution in [-0.2, 0) is 0 Å². The molecule has 0 bridgehead atoms. The monoisotopic (exact) mass is 266 g/mol. The summed E-state index contributed by atoms with van der Waals surface area (Å²) in [6, 6.07) is 15.0. The van der Waals surface area contributed by atoms with E-state index in [4.69, 9.17) is 0 Å². The van der Waals surface area contributed by atoms with Gasteiger partial charge in [0.15, 0.2) is 0 Å². The Morgan fingerprint density at radius 3 is 2.21 bits per heavy atom. The lowest BCUT2D eigenvalue weighted by Crippen LogP contribution is -2.23. The van der Waals surface area contributed by atoms with Crippen LogP contribution in [0.4, 0.5) is 11.4 Å². The number of anilines is 2. The molecule has 0 fully saturated rings. The molecule has 1 aliphatic heterocycles. The Labute approximate surface area is 116 Å². The van der Waals surface area contributed by atoms with Gasteiger partial charge in [0.05, 0.1) is 0 Å². The first-order valence-electron chi connectivity index (χ1n) is 6.42. The van der Waals surface area contributed by atoms with E-state index in [0.29, 0.717) is 0 Å². The number of hydrogen-bond donors (Lipinski definition) is 2. The Hall–Kier alpha value is -2.00. The van der Waals surface area contributed by atoms with Crippen LogP contribution in [0.15, 0.2) is 47.8 Å². The summed E-state index contributed by atoms with van der Waals surface area (Å²) in [5.41, 5.74) is 3.76. The van der Waals surface area contributed by atoms with E-state index in [1.807, 2.05) is 0 Å². The third-order valence-electron chi connectivity index (χ3n) is 3.67. The molecule has 2 nitrogen and oxygen atoms in total. The van der Waals surface area contributed by atoms with Crippen LogP contribution in [0.2, 0.25) is 0 Å². The average Bonchev–Trinajstić information content (AvgIpc) is 2.85. The average molecular weight is 266 g/mol. The highest BCUT2D eigenvalue weighted by molar-refractivity contribution is 7.10. The molecule has 0 unspecified atom stereocenters. The third kappa shape index (κ3) is 1.62. The fraction of sp³-hybridized carbons (Fsp3) is 0.125. The van der Waals surface area contributed by atoms with Crippen molar-refractivity contribution in [3.63, 3.8) is 0 Å². The molecule has 0 saturated carbocycles. The van der Waals surface area contributed by atoms with Crippen molar-refractivity contribution < 1.29 is 0 Å². The van der Waals surface area contributed by atoms with Crippen molar-refractivity contribution in [1.29, 1.82) is 0 Å². The molecule has 2 heterocycles. The van der Waals surface area contributed by atoms with Gasteiger partial charge < -0.3 is 10.6 Å². The molecule has 1 aromatic heterocycles. The van der Waals surface area contributed by atoms with E-state index in [1.54, 1.807) is 11.3 Å². The van der Waals surface area contributed by atoms with Crippen molar-refractivity contribution in [3.05, 3.63) is 58.3 Å². The van der Waals surface area contributed by atoms with Crippen LogP contribution in [0, 0.1) is 6.92 Å². The number of thiophene rings is 1. The summed E-state index contributed by atoms with van der Waals surface area (Å²) in [4.78, 5) is 1.35. The van der Waals surface area contributed by atoms with E-state index in [-0.39, 0.29) is 6.17 Å². The minimum atomic E-state index is 0.167. The molecule has 94 valence electrons. The van der Waals surface area contributed by atoms with Gasteiger partial charge in [0.2, 0.25) is 0 Å². The maximum atomic E-state index is 3.60. The predicted octanol–water partition coefficient (Wildman–Crippen LogP) is 4.75. The van der Waals surface area contributed by atoms with E-state index >= 15 is 0 Å². The maximum Gasteiger partial charge on any atom is 0.133 e. The molecule has 0 aliphatic carbocycles. The second-order valence-electron chi connectivity index (χ2n) is 4.90. The summed E-state index contributed by atoms with van der Waals surface area (Å²) in [6.45, 7) is 2.16. The van der Waals surface area contributed by atoms with Crippen molar-refractivity contribution in [2.45, 2.75) is 13.1 Å². The molecule has 0 atom stereocenters. The molecule has 0 spiro atoms. The number of hydrogen-bond acceptors (Lipinski definition) is 3. The second-order valence-corrected chi connectivity index (χ2v) is 5.85. The Balaban J connectivity index is 1.87. The topological polar surface area (TPSA) is 24.1 Å². The Bertz CT molecular complexity index is 720. The molecule has 1 aliphatic rings. The van der Waals surface area contributed by atoms with E-state index in [9.17, 15) is 0 Å². The lowest BCUT2D eigenvalue weighted by Gasteiger charge is -2.29. The van der Waals surface area contributed by atoms with Gasteiger partial charge in [-0.25, -0.2) is 0 Å². The summed E-state index contributed by atoms with van der Waals surface area (Å²) in [5.74, 6) is 0. The second kappa shape index (κ2) is 4.00. The lowest BCUT2D eigenvalue weighted by atomic mass is 10.0. The summed E-state index contributed by atoms with van der Waals surface area (Å²) < 4.78 is 0. The zero-order valence-electron chi connectivity index (χ0n) is 10.6. The molecule has 19 heavy (non-hydrogen) atoms. The molecular formula is C16H14N2S. The van der Waals surface area contributed by atoms with Gasteiger partial charge in [0, 0.05) is 21.6 Å². The van der Waals surface area contributed by atoms with Crippen LogP contribution in [0.25, 0.3) is 10.8 Å². The summed E-state index contributed by atoms with van der Waals surface area (Å²) in [6.07, 6.45) is 0.167. The number of benzene rings is 2. The largest absolute Gasteiger partial charge is 0.360 e. The van der Waals surface area contributed by atoms with Crippen LogP contribution in [0.5, 0.6) is 0 Å². The smallest absolute Gasteiger partial charge is 0.133 e. The molecule has 0 saturated heterocycles. The first-order chi connectivity index (χ1) is 9.33. The highest BCUT2D eigenvalue weighted by Gasteiger charge is 2.21. The third-order valence-corrected chi connectivity index (χ3v) is 4.75. The van der Waals surface area contributed by atoms with Gasteiger partial charge in [-0.1, -0.05) is 24.3 Å². The van der Waals surface area contributed by atoms with Gasteiger partial charge >= 0.3 is 0 Å². The van der Waals surface area contributed by atoms with Gasteiger partial charge in [-0.15, -0.1) is 11.3 Å². The van der Waals surface area contributed by atoms with Gasteiger partial charge in [0.25, 0.3) is 0 Å². The van der Waals surface area contributed by atoms with Gasteiger partial charge in [0.1, 0.15) is 6.17 Å². The Kier molecular flexibility index (Phi) is 2.29. The quantitative estimate of drug-likeness (QED) is 0.664. The minimum absolute atomic E-state index is 0.167. The van der Waals surface area contributed by atoms with Crippen LogP contribution in [-0.4, -0.2) is 0 Å². The molecule has 0 radical (unpaired) electrons. The van der Waals surface area contributed by atoms with Crippen molar-refractivity contribution in [2.75, 3.05) is 10.6 Å². The first kappa shape index (κ1) is 10.9. The number of rotatable bonds is 1. The lowest BCUT2D eigenvalue weighted by molar-refractivity contribution is 0.911. The van der Waals surface area contributed by atoms with E-state index in [0.717, 1.165) is 0 Å². The Morgan fingerprint density at radius 2 is 1.63 bits per heavy atom. The fourth-order valence-electron chi connectivity index (χ4n) is 2.74. The van der Waals surface area contributed by atoms with Crippen LogP contribution in [0.1, 0.15) is 16.6 Å². The van der Waals surface area contributed by atoms with Gasteiger partial charge in [-0.2, -0.15) is 0 Å². The maximum absolute atomic E-state index is 3.60. The van der Waals surface area contributed by atoms with Crippen LogP contribution >= 0.6 is 11.3 Å². The van der Waals surface area contributed by atoms with Crippen molar-refractivity contribution in [1.82, 2.24) is 0 Å². The van der Waals surface area contributed by atoms with Crippen molar-refractivity contribution in [3.8, 4) is 0 Å². The van der Waals surface area contributed by atoms with Crippen molar-refractivity contribution >= 4 is 33.5 Å². The Morgan fingerprint density at radius 1 is 0.947 bits per heavy atom. The molecule has 4 rings (SSSR count). The van der Waals surface area contributed by atoms with Crippen molar-refractivity contribution in [2.24, 2.45) is 0 Å². The predicted molar refractivity (Wildman–Crippen MR) is 83.0 cm³/mol. The zero-order valence-corrected chi connectivity index (χ0v) is 11.4. The highest BCUT2D eigenvalue weighted by atomic mass is 32.1. The molecule has 3 aromatic rings. The van der Waals surface area contributed by atoms with Crippen LogP contribution < -0.4 is 10.6 Å². The van der Waals surface area contributed by atoms with E-state index in [2.05, 4.69) is 65.4 Å². The number of aryl methyl sites for hydroxylation is 1. The summed E-state index contributed by atoms with van der Waals surface area (Å²) in [5, 5.41) is 11.9. The molecular weight excluding hydrogens is 252 g/mol. The summed E-state index contributed by atoms with van der Waals surface area (Å²) >= 11 is 1.80. The summed E-state index contributed by atoms with van der Waals surface area (Å²) in [7, 11) is 0. The molecule has 2 N–H and O–H groups in total. The number of nitrogens with one attached hydrogen (secondary N) is 2.